The molecule has 1 heterocycles. The Morgan fingerprint density at radius 3 is 2.86 bits per heavy atom. The molecular formula is C11H19NO2. The normalized spacial score (nSPS) is 37.9. The molecule has 3 unspecified atom stereocenters. The maximum atomic E-state index is 8.95. The van der Waals surface area contributed by atoms with E-state index in [0.29, 0.717) is 5.92 Å². The Hall–Kier alpha value is -0.570. The van der Waals surface area contributed by atoms with Crippen molar-refractivity contribution in [3.05, 3.63) is 0 Å². The van der Waals surface area contributed by atoms with Gasteiger partial charge in [0, 0.05) is 12.3 Å². The van der Waals surface area contributed by atoms with Crippen LogP contribution in [0.3, 0.4) is 0 Å². The molecule has 3 atom stereocenters. The summed E-state index contributed by atoms with van der Waals surface area (Å²) in [7, 11) is 0. The van der Waals surface area contributed by atoms with Crippen molar-refractivity contribution in [1.82, 2.24) is 0 Å². The van der Waals surface area contributed by atoms with Crippen LogP contribution in [-0.4, -0.2) is 23.5 Å². The summed E-state index contributed by atoms with van der Waals surface area (Å²) in [6.07, 6.45) is 6.01. The van der Waals surface area contributed by atoms with E-state index >= 15 is 0 Å². The van der Waals surface area contributed by atoms with Gasteiger partial charge >= 0.3 is 0 Å². The third-order valence-corrected chi connectivity index (χ3v) is 3.50. The van der Waals surface area contributed by atoms with Crippen LogP contribution in [0.5, 0.6) is 0 Å². The van der Waals surface area contributed by atoms with Crippen LogP contribution in [0, 0.1) is 11.8 Å². The minimum Gasteiger partial charge on any atom is -0.392 e. The van der Waals surface area contributed by atoms with Gasteiger partial charge < -0.3 is 9.94 Å². The molecule has 2 rings (SSSR count). The van der Waals surface area contributed by atoms with Gasteiger partial charge in [-0.05, 0) is 12.3 Å². The lowest BCUT2D eigenvalue weighted by molar-refractivity contribution is 0.0390. The first kappa shape index (κ1) is 9.97. The highest BCUT2D eigenvalue weighted by Crippen LogP contribution is 2.33. The number of rotatable bonds is 2. The first-order valence-corrected chi connectivity index (χ1v) is 5.64. The number of oxime groups is 1. The number of aliphatic hydroxyl groups excluding tert-OH is 1. The van der Waals surface area contributed by atoms with Crippen molar-refractivity contribution in [3.8, 4) is 0 Å². The van der Waals surface area contributed by atoms with Crippen molar-refractivity contribution in [2.24, 2.45) is 17.0 Å². The van der Waals surface area contributed by atoms with Gasteiger partial charge in [-0.25, -0.2) is 0 Å². The molecule has 0 aromatic rings. The lowest BCUT2D eigenvalue weighted by atomic mass is 9.77. The van der Waals surface area contributed by atoms with Gasteiger partial charge in [-0.3, -0.25) is 0 Å². The second-order valence-electron chi connectivity index (χ2n) is 4.56. The number of hydrogen-bond acceptors (Lipinski definition) is 3. The van der Waals surface area contributed by atoms with Crippen LogP contribution in [0.15, 0.2) is 5.16 Å². The largest absolute Gasteiger partial charge is 0.392 e. The SMILES string of the molecule is CC1CCCCC1C1=NOC(CO)C1. The van der Waals surface area contributed by atoms with E-state index in [9.17, 15) is 0 Å². The van der Waals surface area contributed by atoms with Gasteiger partial charge in [-0.2, -0.15) is 0 Å². The van der Waals surface area contributed by atoms with Gasteiger partial charge in [0.2, 0.25) is 0 Å². The Kier molecular flexibility index (Phi) is 3.06. The fraction of sp³-hybridized carbons (Fsp3) is 0.909. The van der Waals surface area contributed by atoms with Crippen molar-refractivity contribution < 1.29 is 9.94 Å². The Labute approximate surface area is 85.1 Å². The number of aliphatic hydroxyl groups is 1. The van der Waals surface area contributed by atoms with Crippen molar-refractivity contribution in [2.45, 2.75) is 45.1 Å². The molecule has 14 heavy (non-hydrogen) atoms. The molecule has 0 aromatic heterocycles. The quantitative estimate of drug-likeness (QED) is 0.735. The third-order valence-electron chi connectivity index (χ3n) is 3.50. The standard InChI is InChI=1S/C11H19NO2/c1-8-4-2-3-5-10(8)11-6-9(7-13)14-12-11/h8-10,13H,2-7H2,1H3. The summed E-state index contributed by atoms with van der Waals surface area (Å²) in [5.41, 5.74) is 1.19. The Morgan fingerprint density at radius 1 is 1.43 bits per heavy atom. The van der Waals surface area contributed by atoms with Gasteiger partial charge in [-0.1, -0.05) is 31.3 Å². The molecule has 2 aliphatic rings. The van der Waals surface area contributed by atoms with Crippen molar-refractivity contribution in [3.63, 3.8) is 0 Å². The monoisotopic (exact) mass is 197 g/mol. The highest BCUT2D eigenvalue weighted by atomic mass is 16.6. The highest BCUT2D eigenvalue weighted by Gasteiger charge is 2.31. The fourth-order valence-electron chi connectivity index (χ4n) is 2.58. The Morgan fingerprint density at radius 2 is 2.21 bits per heavy atom. The van der Waals surface area contributed by atoms with E-state index in [2.05, 4.69) is 12.1 Å². The van der Waals surface area contributed by atoms with Crippen molar-refractivity contribution in [2.75, 3.05) is 6.61 Å². The smallest absolute Gasteiger partial charge is 0.155 e. The van der Waals surface area contributed by atoms with Crippen LogP contribution in [0.4, 0.5) is 0 Å². The minimum absolute atomic E-state index is 0.0703. The molecule has 0 amide bonds. The van der Waals surface area contributed by atoms with Gasteiger partial charge in [0.25, 0.3) is 0 Å². The van der Waals surface area contributed by atoms with Crippen LogP contribution in [0.1, 0.15) is 39.0 Å². The molecule has 3 nitrogen and oxygen atoms in total. The Balaban J connectivity index is 1.94. The molecule has 0 spiro atoms. The lowest BCUT2D eigenvalue weighted by Crippen LogP contribution is -2.26. The molecule has 1 aliphatic heterocycles. The van der Waals surface area contributed by atoms with E-state index in [1.165, 1.54) is 31.4 Å². The lowest BCUT2D eigenvalue weighted by Gasteiger charge is -2.28. The summed E-state index contributed by atoms with van der Waals surface area (Å²) in [6.45, 7) is 2.40. The van der Waals surface area contributed by atoms with E-state index in [1.807, 2.05) is 0 Å². The number of nitrogens with zero attached hydrogens (tertiary/aromatic N) is 1. The second-order valence-corrected chi connectivity index (χ2v) is 4.56. The molecule has 0 radical (unpaired) electrons. The summed E-state index contributed by atoms with van der Waals surface area (Å²) in [6, 6.07) is 0. The molecule has 1 fully saturated rings. The second kappa shape index (κ2) is 4.30. The van der Waals surface area contributed by atoms with E-state index in [0.717, 1.165) is 12.3 Å². The molecule has 0 saturated heterocycles. The molecule has 1 N–H and O–H groups in total. The maximum absolute atomic E-state index is 8.95. The van der Waals surface area contributed by atoms with E-state index in [-0.39, 0.29) is 12.7 Å². The van der Waals surface area contributed by atoms with Gasteiger partial charge in [0.05, 0.1) is 12.3 Å². The highest BCUT2D eigenvalue weighted by molar-refractivity contribution is 5.88. The third kappa shape index (κ3) is 1.92. The summed E-state index contributed by atoms with van der Waals surface area (Å²) in [5, 5.41) is 13.1. The van der Waals surface area contributed by atoms with Gasteiger partial charge in [0.1, 0.15) is 0 Å². The summed E-state index contributed by atoms with van der Waals surface area (Å²) in [4.78, 5) is 5.15. The Bertz CT molecular complexity index is 227. The summed E-state index contributed by atoms with van der Waals surface area (Å²) >= 11 is 0. The van der Waals surface area contributed by atoms with Gasteiger partial charge in [-0.15, -0.1) is 0 Å². The predicted molar refractivity (Wildman–Crippen MR) is 55.1 cm³/mol. The van der Waals surface area contributed by atoms with Crippen molar-refractivity contribution >= 4 is 5.71 Å². The molecule has 0 bridgehead atoms. The molecular weight excluding hydrogens is 178 g/mol. The topological polar surface area (TPSA) is 41.8 Å². The summed E-state index contributed by atoms with van der Waals surface area (Å²) in [5.74, 6) is 1.35. The van der Waals surface area contributed by atoms with E-state index < -0.39 is 0 Å². The van der Waals surface area contributed by atoms with Crippen molar-refractivity contribution in [1.29, 1.82) is 0 Å². The van der Waals surface area contributed by atoms with E-state index in [4.69, 9.17) is 9.94 Å². The molecule has 0 aromatic carbocycles. The zero-order valence-corrected chi connectivity index (χ0v) is 8.78. The van der Waals surface area contributed by atoms with Gasteiger partial charge in [0.15, 0.2) is 6.10 Å². The van der Waals surface area contributed by atoms with Crippen LogP contribution in [0.25, 0.3) is 0 Å². The van der Waals surface area contributed by atoms with Crippen LogP contribution in [-0.2, 0) is 4.84 Å². The minimum atomic E-state index is -0.0703. The fourth-order valence-corrected chi connectivity index (χ4v) is 2.58. The van der Waals surface area contributed by atoms with Crippen LogP contribution >= 0.6 is 0 Å². The maximum Gasteiger partial charge on any atom is 0.155 e. The van der Waals surface area contributed by atoms with Crippen LogP contribution < -0.4 is 0 Å². The van der Waals surface area contributed by atoms with E-state index in [1.54, 1.807) is 0 Å². The molecule has 3 heteroatoms. The first-order chi connectivity index (χ1) is 6.81. The number of hydrogen-bond donors (Lipinski definition) is 1. The average Bonchev–Trinajstić information content (AvgIpc) is 2.67. The first-order valence-electron chi connectivity index (χ1n) is 5.64. The molecule has 1 saturated carbocycles. The summed E-state index contributed by atoms with van der Waals surface area (Å²) < 4.78 is 0. The zero-order valence-electron chi connectivity index (χ0n) is 8.78. The average molecular weight is 197 g/mol. The zero-order chi connectivity index (χ0) is 9.97. The predicted octanol–water partition coefficient (Wildman–Crippen LogP) is 1.95. The van der Waals surface area contributed by atoms with Crippen LogP contribution in [0.2, 0.25) is 0 Å². The molecule has 80 valence electrons. The molecule has 1 aliphatic carbocycles.